The van der Waals surface area contributed by atoms with Crippen LogP contribution in [0.4, 0.5) is 0 Å². The van der Waals surface area contributed by atoms with Gasteiger partial charge in [0.05, 0.1) is 18.1 Å². The highest BCUT2D eigenvalue weighted by Crippen LogP contribution is 2.29. The summed E-state index contributed by atoms with van der Waals surface area (Å²) in [6.07, 6.45) is 2.66. The predicted octanol–water partition coefficient (Wildman–Crippen LogP) is 0.886. The van der Waals surface area contributed by atoms with Crippen molar-refractivity contribution in [3.8, 4) is 11.7 Å². The summed E-state index contributed by atoms with van der Waals surface area (Å²) in [6, 6.07) is 4.25. The fourth-order valence-electron chi connectivity index (χ4n) is 3.67. The summed E-state index contributed by atoms with van der Waals surface area (Å²) in [7, 11) is 1.45. The van der Waals surface area contributed by atoms with Gasteiger partial charge >= 0.3 is 0 Å². The third-order valence-electron chi connectivity index (χ3n) is 5.01. The van der Waals surface area contributed by atoms with Crippen LogP contribution in [0.3, 0.4) is 0 Å². The molecule has 1 fully saturated rings. The first kappa shape index (κ1) is 20.1. The number of rotatable bonds is 5. The van der Waals surface area contributed by atoms with Gasteiger partial charge in [-0.25, -0.2) is 9.67 Å². The van der Waals surface area contributed by atoms with Crippen LogP contribution in [-0.2, 0) is 4.79 Å². The number of carbonyl (C=O) groups excluding carboxylic acids is 2. The van der Waals surface area contributed by atoms with Crippen LogP contribution in [-0.4, -0.2) is 45.8 Å². The van der Waals surface area contributed by atoms with E-state index in [0.717, 1.165) is 0 Å². The summed E-state index contributed by atoms with van der Waals surface area (Å²) < 4.78 is 6.47. The largest absolute Gasteiger partial charge is 0.480 e. The SMILES string of the molecule is COc1cc(C(=O)NC2C(C)CC(N)C[C@@H]2C(N)=O)n(-c2ncccc2Cl)n1. The summed E-state index contributed by atoms with van der Waals surface area (Å²) >= 11 is 6.21. The molecule has 28 heavy (non-hydrogen) atoms. The van der Waals surface area contributed by atoms with Crippen LogP contribution in [0.2, 0.25) is 5.02 Å². The number of aromatic nitrogens is 3. The Morgan fingerprint density at radius 3 is 2.79 bits per heavy atom. The van der Waals surface area contributed by atoms with Gasteiger partial charge in [-0.05, 0) is 30.9 Å². The van der Waals surface area contributed by atoms with Gasteiger partial charge in [-0.1, -0.05) is 18.5 Å². The molecule has 2 aromatic rings. The van der Waals surface area contributed by atoms with E-state index >= 15 is 0 Å². The van der Waals surface area contributed by atoms with Crippen molar-refractivity contribution >= 4 is 23.4 Å². The molecule has 2 heterocycles. The van der Waals surface area contributed by atoms with Gasteiger partial charge in [-0.15, -0.1) is 5.10 Å². The average Bonchev–Trinajstić information content (AvgIpc) is 3.08. The second kappa shape index (κ2) is 8.15. The highest BCUT2D eigenvalue weighted by atomic mass is 35.5. The molecule has 3 unspecified atom stereocenters. The van der Waals surface area contributed by atoms with Crippen LogP contribution in [0.5, 0.6) is 5.88 Å². The molecule has 2 aromatic heterocycles. The Labute approximate surface area is 167 Å². The molecule has 2 amide bonds. The smallest absolute Gasteiger partial charge is 0.270 e. The highest BCUT2D eigenvalue weighted by molar-refractivity contribution is 6.32. The molecular formula is C18H23ClN6O3. The molecule has 0 saturated heterocycles. The van der Waals surface area contributed by atoms with Gasteiger partial charge in [-0.3, -0.25) is 9.59 Å². The number of pyridine rings is 1. The number of amides is 2. The molecule has 1 aliphatic carbocycles. The Morgan fingerprint density at radius 2 is 2.14 bits per heavy atom. The minimum Gasteiger partial charge on any atom is -0.480 e. The zero-order valence-corrected chi connectivity index (χ0v) is 16.4. The van der Waals surface area contributed by atoms with Crippen molar-refractivity contribution < 1.29 is 14.3 Å². The third-order valence-corrected chi connectivity index (χ3v) is 5.30. The lowest BCUT2D eigenvalue weighted by atomic mass is 9.75. The fraction of sp³-hybridized carbons (Fsp3) is 0.444. The normalized spacial score (nSPS) is 24.6. The molecule has 0 aliphatic heterocycles. The van der Waals surface area contributed by atoms with Crippen molar-refractivity contribution in [3.05, 3.63) is 35.1 Å². The molecule has 3 rings (SSSR count). The number of nitrogens with two attached hydrogens (primary N) is 2. The number of methoxy groups -OCH3 is 1. The predicted molar refractivity (Wildman–Crippen MR) is 103 cm³/mol. The van der Waals surface area contributed by atoms with Gasteiger partial charge in [-0.2, -0.15) is 0 Å². The van der Waals surface area contributed by atoms with E-state index in [-0.39, 0.29) is 23.5 Å². The summed E-state index contributed by atoms with van der Waals surface area (Å²) in [6.45, 7) is 1.94. The second-order valence-electron chi connectivity index (χ2n) is 7.01. The molecule has 5 N–H and O–H groups in total. The maximum absolute atomic E-state index is 13.1. The molecule has 150 valence electrons. The first-order valence-electron chi connectivity index (χ1n) is 8.92. The Hall–Kier alpha value is -2.65. The average molecular weight is 407 g/mol. The topological polar surface area (TPSA) is 138 Å². The van der Waals surface area contributed by atoms with E-state index in [1.807, 2.05) is 6.92 Å². The number of nitrogens with one attached hydrogen (secondary N) is 1. The van der Waals surface area contributed by atoms with Crippen LogP contribution < -0.4 is 21.5 Å². The minimum atomic E-state index is -0.542. The highest BCUT2D eigenvalue weighted by Gasteiger charge is 2.39. The van der Waals surface area contributed by atoms with Crippen LogP contribution in [0.1, 0.15) is 30.3 Å². The summed E-state index contributed by atoms with van der Waals surface area (Å²) in [4.78, 5) is 29.2. The molecule has 0 radical (unpaired) electrons. The van der Waals surface area contributed by atoms with Crippen LogP contribution in [0.15, 0.2) is 24.4 Å². The Morgan fingerprint density at radius 1 is 1.39 bits per heavy atom. The van der Waals surface area contributed by atoms with Gasteiger partial charge in [0.25, 0.3) is 5.91 Å². The number of primary amides is 1. The van der Waals surface area contributed by atoms with Crippen molar-refractivity contribution in [2.45, 2.75) is 31.8 Å². The molecule has 1 aliphatic rings. The monoisotopic (exact) mass is 406 g/mol. The Bertz CT molecular complexity index is 886. The molecule has 9 nitrogen and oxygen atoms in total. The lowest BCUT2D eigenvalue weighted by molar-refractivity contribution is -0.124. The standard InChI is InChI=1S/C18H23ClN6O3/c1-9-6-10(20)7-11(16(21)26)15(9)23-18(27)13-8-14(28-2)24-25(13)17-12(19)4-3-5-22-17/h3-5,8-11,15H,6-7,20H2,1-2H3,(H2,21,26)(H,23,27)/t9?,10?,11-,15?/m0/s1. The van der Waals surface area contributed by atoms with Gasteiger partial charge in [0, 0.05) is 24.3 Å². The lowest BCUT2D eigenvalue weighted by Gasteiger charge is -2.38. The van der Waals surface area contributed by atoms with Gasteiger partial charge in [0.15, 0.2) is 5.82 Å². The summed E-state index contributed by atoms with van der Waals surface area (Å²) in [5.74, 6) is -0.941. The first-order chi connectivity index (χ1) is 13.3. The maximum atomic E-state index is 13.1. The van der Waals surface area contributed by atoms with Gasteiger partial charge in [0.1, 0.15) is 5.69 Å². The molecule has 0 aromatic carbocycles. The quantitative estimate of drug-likeness (QED) is 0.673. The Kier molecular flexibility index (Phi) is 5.85. The number of nitrogens with zero attached hydrogens (tertiary/aromatic N) is 3. The van der Waals surface area contributed by atoms with E-state index in [0.29, 0.717) is 23.7 Å². The fourth-order valence-corrected chi connectivity index (χ4v) is 3.87. The molecule has 10 heteroatoms. The van der Waals surface area contributed by atoms with Crippen molar-refractivity contribution in [2.75, 3.05) is 7.11 Å². The van der Waals surface area contributed by atoms with E-state index in [9.17, 15) is 9.59 Å². The zero-order valence-electron chi connectivity index (χ0n) is 15.6. The second-order valence-corrected chi connectivity index (χ2v) is 7.42. The number of ether oxygens (including phenoxy) is 1. The molecule has 4 atom stereocenters. The van der Waals surface area contributed by atoms with Gasteiger partial charge < -0.3 is 21.5 Å². The molecule has 1 saturated carbocycles. The van der Waals surface area contributed by atoms with E-state index in [2.05, 4.69) is 15.4 Å². The van der Waals surface area contributed by atoms with Crippen molar-refractivity contribution in [2.24, 2.45) is 23.3 Å². The number of hydrogen-bond acceptors (Lipinski definition) is 6. The number of halogens is 1. The molecule has 0 spiro atoms. The van der Waals surface area contributed by atoms with Crippen molar-refractivity contribution in [3.63, 3.8) is 0 Å². The van der Waals surface area contributed by atoms with E-state index in [1.54, 1.807) is 18.3 Å². The van der Waals surface area contributed by atoms with Crippen LogP contribution in [0, 0.1) is 11.8 Å². The first-order valence-corrected chi connectivity index (χ1v) is 9.30. The van der Waals surface area contributed by atoms with E-state index in [4.69, 9.17) is 27.8 Å². The number of hydrogen-bond donors (Lipinski definition) is 3. The minimum absolute atomic E-state index is 0.0121. The van der Waals surface area contributed by atoms with Crippen LogP contribution in [0.25, 0.3) is 5.82 Å². The Balaban J connectivity index is 1.93. The molecule has 0 bridgehead atoms. The van der Waals surface area contributed by atoms with E-state index < -0.39 is 23.8 Å². The summed E-state index contributed by atoms with van der Waals surface area (Å²) in [5, 5.41) is 7.48. The van der Waals surface area contributed by atoms with E-state index in [1.165, 1.54) is 17.9 Å². The number of carbonyl (C=O) groups is 2. The summed E-state index contributed by atoms with van der Waals surface area (Å²) in [5.41, 5.74) is 11.8. The maximum Gasteiger partial charge on any atom is 0.270 e. The zero-order chi connectivity index (χ0) is 20.4. The van der Waals surface area contributed by atoms with Crippen molar-refractivity contribution in [1.29, 1.82) is 0 Å². The van der Waals surface area contributed by atoms with Crippen molar-refractivity contribution in [1.82, 2.24) is 20.1 Å². The van der Waals surface area contributed by atoms with Crippen LogP contribution >= 0.6 is 11.6 Å². The lowest BCUT2D eigenvalue weighted by Crippen LogP contribution is -2.55. The molecular weight excluding hydrogens is 384 g/mol. The third kappa shape index (κ3) is 3.95. The van der Waals surface area contributed by atoms with Gasteiger partial charge in [0.2, 0.25) is 11.8 Å².